The molecule has 2 heterocycles. The van der Waals surface area contributed by atoms with E-state index in [1.54, 1.807) is 0 Å². The molecule has 1 aliphatic rings. The van der Waals surface area contributed by atoms with Gasteiger partial charge < -0.3 is 9.84 Å². The van der Waals surface area contributed by atoms with Gasteiger partial charge in [0, 0.05) is 12.5 Å². The van der Waals surface area contributed by atoms with Crippen molar-refractivity contribution in [2.75, 3.05) is 13.2 Å². The summed E-state index contributed by atoms with van der Waals surface area (Å²) in [5, 5.41) is 8.97. The van der Waals surface area contributed by atoms with Gasteiger partial charge in [-0.05, 0) is 12.8 Å². The van der Waals surface area contributed by atoms with E-state index in [0.717, 1.165) is 6.42 Å². The Kier molecular flexibility index (Phi) is 3.58. The van der Waals surface area contributed by atoms with Crippen LogP contribution in [-0.2, 0) is 10.9 Å². The first-order chi connectivity index (χ1) is 8.39. The summed E-state index contributed by atoms with van der Waals surface area (Å²) in [5.74, 6) is -1.83. The first-order valence-corrected chi connectivity index (χ1v) is 6.10. The number of carboxylic acid groups (broad SMARTS) is 1. The quantitative estimate of drug-likeness (QED) is 0.905. The zero-order valence-electron chi connectivity index (χ0n) is 9.16. The van der Waals surface area contributed by atoms with Crippen LogP contribution in [0.25, 0.3) is 0 Å². The molecule has 1 aromatic rings. The van der Waals surface area contributed by atoms with Crippen LogP contribution in [0, 0.1) is 0 Å². The van der Waals surface area contributed by atoms with Crippen molar-refractivity contribution in [1.29, 1.82) is 0 Å². The molecule has 1 fully saturated rings. The Morgan fingerprint density at radius 1 is 1.50 bits per heavy atom. The fourth-order valence-electron chi connectivity index (χ4n) is 1.78. The third-order valence-electron chi connectivity index (χ3n) is 2.62. The van der Waals surface area contributed by atoms with E-state index >= 15 is 0 Å². The standard InChI is InChI=1S/C10H10F3NO3S/c11-10(12,13)7-6(9(15)16)18-8(14-7)5-2-1-3-17-4-5/h5H,1-4H2,(H,15,16). The number of hydrogen-bond donors (Lipinski definition) is 1. The molecule has 0 aliphatic carbocycles. The number of ether oxygens (including phenoxy) is 1. The highest BCUT2D eigenvalue weighted by molar-refractivity contribution is 7.13. The van der Waals surface area contributed by atoms with Crippen molar-refractivity contribution < 1.29 is 27.8 Å². The number of rotatable bonds is 2. The normalized spacial score (nSPS) is 20.9. The van der Waals surface area contributed by atoms with Crippen LogP contribution >= 0.6 is 11.3 Å². The van der Waals surface area contributed by atoms with E-state index in [4.69, 9.17) is 9.84 Å². The predicted octanol–water partition coefficient (Wildman–Crippen LogP) is 2.75. The van der Waals surface area contributed by atoms with Gasteiger partial charge in [-0.25, -0.2) is 9.78 Å². The second-order valence-corrected chi connectivity index (χ2v) is 4.98. The van der Waals surface area contributed by atoms with Gasteiger partial charge in [0.2, 0.25) is 0 Å². The molecular formula is C10H10F3NO3S. The Labute approximate surface area is 104 Å². The predicted molar refractivity (Wildman–Crippen MR) is 56.9 cm³/mol. The molecule has 4 nitrogen and oxygen atoms in total. The molecule has 1 aromatic heterocycles. The van der Waals surface area contributed by atoms with E-state index in [9.17, 15) is 18.0 Å². The van der Waals surface area contributed by atoms with E-state index in [0.29, 0.717) is 31.0 Å². The molecule has 1 N–H and O–H groups in total. The van der Waals surface area contributed by atoms with Crippen molar-refractivity contribution in [2.24, 2.45) is 0 Å². The van der Waals surface area contributed by atoms with Crippen LogP contribution in [0.15, 0.2) is 0 Å². The van der Waals surface area contributed by atoms with Crippen LogP contribution in [0.1, 0.15) is 39.1 Å². The van der Waals surface area contributed by atoms with Gasteiger partial charge in [-0.15, -0.1) is 11.3 Å². The summed E-state index contributed by atoms with van der Waals surface area (Å²) in [6.07, 6.45) is -3.32. The zero-order valence-corrected chi connectivity index (χ0v) is 9.98. The van der Waals surface area contributed by atoms with Gasteiger partial charge in [-0.1, -0.05) is 0 Å². The Morgan fingerprint density at radius 3 is 2.67 bits per heavy atom. The van der Waals surface area contributed by atoms with E-state index < -0.39 is 22.7 Å². The van der Waals surface area contributed by atoms with Gasteiger partial charge in [-0.2, -0.15) is 13.2 Å². The van der Waals surface area contributed by atoms with Gasteiger partial charge in [0.15, 0.2) is 5.69 Å². The lowest BCUT2D eigenvalue weighted by molar-refractivity contribution is -0.141. The number of hydrogen-bond acceptors (Lipinski definition) is 4. The van der Waals surface area contributed by atoms with E-state index in [1.165, 1.54) is 0 Å². The van der Waals surface area contributed by atoms with Crippen molar-refractivity contribution in [3.05, 3.63) is 15.6 Å². The molecule has 18 heavy (non-hydrogen) atoms. The van der Waals surface area contributed by atoms with Crippen molar-refractivity contribution in [2.45, 2.75) is 24.9 Å². The van der Waals surface area contributed by atoms with Gasteiger partial charge in [0.1, 0.15) is 4.88 Å². The summed E-state index contributed by atoms with van der Waals surface area (Å²) < 4.78 is 43.1. The zero-order chi connectivity index (χ0) is 13.3. The molecule has 1 atom stereocenters. The van der Waals surface area contributed by atoms with E-state index in [-0.39, 0.29) is 10.9 Å². The number of aromatic carboxylic acids is 1. The summed E-state index contributed by atoms with van der Waals surface area (Å²) in [6, 6.07) is 0. The van der Waals surface area contributed by atoms with Crippen LogP contribution in [0.2, 0.25) is 0 Å². The molecule has 1 aliphatic heterocycles. The summed E-state index contributed by atoms with van der Waals surface area (Å²) in [4.78, 5) is 13.5. The monoisotopic (exact) mass is 281 g/mol. The molecule has 0 radical (unpaired) electrons. The Bertz CT molecular complexity index is 452. The second-order valence-electron chi connectivity index (χ2n) is 3.95. The number of aromatic nitrogens is 1. The van der Waals surface area contributed by atoms with E-state index in [2.05, 4.69) is 4.98 Å². The van der Waals surface area contributed by atoms with Crippen LogP contribution < -0.4 is 0 Å². The highest BCUT2D eigenvalue weighted by atomic mass is 32.1. The third kappa shape index (κ3) is 2.64. The summed E-state index contributed by atoms with van der Waals surface area (Å²) in [5.41, 5.74) is -1.31. The number of halogens is 3. The lowest BCUT2D eigenvalue weighted by atomic mass is 10.0. The number of alkyl halides is 3. The minimum Gasteiger partial charge on any atom is -0.477 e. The fourth-order valence-corrected chi connectivity index (χ4v) is 2.83. The summed E-state index contributed by atoms with van der Waals surface area (Å²) >= 11 is 0.590. The molecule has 0 saturated carbocycles. The molecule has 0 aromatic carbocycles. The Balaban J connectivity index is 2.35. The fraction of sp³-hybridized carbons (Fsp3) is 0.600. The van der Waals surface area contributed by atoms with Crippen LogP contribution in [0.3, 0.4) is 0 Å². The number of carboxylic acids is 1. The maximum absolute atomic E-state index is 12.6. The van der Waals surface area contributed by atoms with Crippen molar-refractivity contribution in [3.63, 3.8) is 0 Å². The Morgan fingerprint density at radius 2 is 2.22 bits per heavy atom. The number of carbonyl (C=O) groups is 1. The van der Waals surface area contributed by atoms with E-state index in [1.807, 2.05) is 0 Å². The van der Waals surface area contributed by atoms with Crippen molar-refractivity contribution in [1.82, 2.24) is 4.98 Å². The largest absolute Gasteiger partial charge is 0.477 e. The molecule has 8 heteroatoms. The van der Waals surface area contributed by atoms with Gasteiger partial charge in [-0.3, -0.25) is 0 Å². The summed E-state index contributed by atoms with van der Waals surface area (Å²) in [6.45, 7) is 0.879. The van der Waals surface area contributed by atoms with Crippen molar-refractivity contribution >= 4 is 17.3 Å². The topological polar surface area (TPSA) is 59.4 Å². The average molecular weight is 281 g/mol. The minimum absolute atomic E-state index is 0.194. The first kappa shape index (κ1) is 13.3. The lowest BCUT2D eigenvalue weighted by Gasteiger charge is -2.19. The molecule has 100 valence electrons. The molecule has 1 saturated heterocycles. The summed E-state index contributed by atoms with van der Waals surface area (Å²) in [7, 11) is 0. The number of thiazole rings is 1. The van der Waals surface area contributed by atoms with Crippen LogP contribution in [-0.4, -0.2) is 29.3 Å². The molecule has 1 unspecified atom stereocenters. The molecular weight excluding hydrogens is 271 g/mol. The minimum atomic E-state index is -4.74. The second kappa shape index (κ2) is 4.85. The molecule has 0 spiro atoms. The highest BCUT2D eigenvalue weighted by Crippen LogP contribution is 2.38. The third-order valence-corrected chi connectivity index (χ3v) is 3.82. The molecule has 2 rings (SSSR count). The average Bonchev–Trinajstić information content (AvgIpc) is 2.74. The van der Waals surface area contributed by atoms with Gasteiger partial charge >= 0.3 is 12.1 Å². The SMILES string of the molecule is O=C(O)c1sc(C2CCCOC2)nc1C(F)(F)F. The Hall–Kier alpha value is -1.15. The highest BCUT2D eigenvalue weighted by Gasteiger charge is 2.40. The maximum atomic E-state index is 12.6. The van der Waals surface area contributed by atoms with Crippen LogP contribution in [0.5, 0.6) is 0 Å². The first-order valence-electron chi connectivity index (χ1n) is 5.28. The smallest absolute Gasteiger partial charge is 0.435 e. The van der Waals surface area contributed by atoms with Gasteiger partial charge in [0.25, 0.3) is 0 Å². The van der Waals surface area contributed by atoms with Gasteiger partial charge in [0.05, 0.1) is 11.6 Å². The maximum Gasteiger partial charge on any atom is 0.435 e. The molecule has 0 bridgehead atoms. The van der Waals surface area contributed by atoms with Crippen LogP contribution in [0.4, 0.5) is 13.2 Å². The van der Waals surface area contributed by atoms with Crippen molar-refractivity contribution in [3.8, 4) is 0 Å². The molecule has 0 amide bonds. The lowest BCUT2D eigenvalue weighted by Crippen LogP contribution is -2.16. The number of nitrogens with zero attached hydrogens (tertiary/aromatic N) is 1.